The number of carbonyl (C=O) groups excluding carboxylic acids is 1. The lowest BCUT2D eigenvalue weighted by molar-refractivity contribution is -0.130. The van der Waals surface area contributed by atoms with Crippen molar-refractivity contribution in [3.05, 3.63) is 48.0 Å². The number of phenolic OH excluding ortho intramolecular Hbond substituents is 2. The molecular formula is C16H14N2O5. The molecule has 3 N–H and O–H groups in total. The minimum atomic E-state index is -0.810. The SMILES string of the molecule is O=C(N/N=C/c1ccc(O)cc1O)C1COc2ccccc2O1. The zero-order chi connectivity index (χ0) is 16.2. The molecule has 1 heterocycles. The first-order valence-corrected chi connectivity index (χ1v) is 6.87. The second-order valence-electron chi connectivity index (χ2n) is 4.84. The lowest BCUT2D eigenvalue weighted by Gasteiger charge is -2.24. The largest absolute Gasteiger partial charge is 0.508 e. The summed E-state index contributed by atoms with van der Waals surface area (Å²) in [7, 11) is 0. The fourth-order valence-corrected chi connectivity index (χ4v) is 2.03. The molecule has 0 saturated carbocycles. The molecule has 118 valence electrons. The van der Waals surface area contributed by atoms with Crippen molar-refractivity contribution in [2.24, 2.45) is 5.10 Å². The van der Waals surface area contributed by atoms with Gasteiger partial charge in [0, 0.05) is 11.6 Å². The van der Waals surface area contributed by atoms with Crippen LogP contribution in [0.15, 0.2) is 47.6 Å². The van der Waals surface area contributed by atoms with E-state index < -0.39 is 12.0 Å². The number of hydrogen-bond acceptors (Lipinski definition) is 6. The van der Waals surface area contributed by atoms with Crippen molar-refractivity contribution in [2.75, 3.05) is 6.61 Å². The standard InChI is InChI=1S/C16H14N2O5/c19-11-6-5-10(12(20)7-11)8-17-18-16(21)15-9-22-13-3-1-2-4-14(13)23-15/h1-8,15,19-20H,9H2,(H,18,21)/b17-8+. The van der Waals surface area contributed by atoms with E-state index >= 15 is 0 Å². The number of aromatic hydroxyl groups is 2. The maximum Gasteiger partial charge on any atom is 0.284 e. The monoisotopic (exact) mass is 314 g/mol. The van der Waals surface area contributed by atoms with Gasteiger partial charge >= 0.3 is 0 Å². The van der Waals surface area contributed by atoms with Gasteiger partial charge in [-0.2, -0.15) is 5.10 Å². The first kappa shape index (κ1) is 14.7. The smallest absolute Gasteiger partial charge is 0.284 e. The number of hydrazone groups is 1. The summed E-state index contributed by atoms with van der Waals surface area (Å²) in [6.07, 6.45) is 0.458. The average Bonchev–Trinajstić information content (AvgIpc) is 2.56. The minimum absolute atomic E-state index is 0.0601. The molecule has 2 aromatic rings. The predicted molar refractivity (Wildman–Crippen MR) is 81.9 cm³/mol. The van der Waals surface area contributed by atoms with E-state index in [2.05, 4.69) is 10.5 Å². The Morgan fingerprint density at radius 1 is 1.22 bits per heavy atom. The maximum atomic E-state index is 12.0. The van der Waals surface area contributed by atoms with E-state index in [9.17, 15) is 15.0 Å². The normalized spacial score (nSPS) is 16.3. The minimum Gasteiger partial charge on any atom is -0.508 e. The topological polar surface area (TPSA) is 100 Å². The second kappa shape index (κ2) is 6.27. The van der Waals surface area contributed by atoms with Gasteiger partial charge in [0.25, 0.3) is 5.91 Å². The predicted octanol–water partition coefficient (Wildman–Crippen LogP) is 1.39. The zero-order valence-corrected chi connectivity index (χ0v) is 12.0. The number of amides is 1. The first-order valence-electron chi connectivity index (χ1n) is 6.87. The van der Waals surface area contributed by atoms with Gasteiger partial charge in [-0.1, -0.05) is 12.1 Å². The third-order valence-electron chi connectivity index (χ3n) is 3.19. The van der Waals surface area contributed by atoms with Gasteiger partial charge in [0.15, 0.2) is 11.5 Å². The van der Waals surface area contributed by atoms with Gasteiger partial charge < -0.3 is 19.7 Å². The number of nitrogens with zero attached hydrogens (tertiary/aromatic N) is 1. The van der Waals surface area contributed by atoms with Crippen LogP contribution in [0.25, 0.3) is 0 Å². The molecule has 1 aliphatic heterocycles. The maximum absolute atomic E-state index is 12.0. The highest BCUT2D eigenvalue weighted by atomic mass is 16.6. The Kier molecular flexibility index (Phi) is 4.01. The number of ether oxygens (including phenoxy) is 2. The molecule has 2 aromatic carbocycles. The molecule has 0 radical (unpaired) electrons. The van der Waals surface area contributed by atoms with Crippen LogP contribution in [0.1, 0.15) is 5.56 Å². The van der Waals surface area contributed by atoms with Crippen LogP contribution in [0.4, 0.5) is 0 Å². The van der Waals surface area contributed by atoms with Crippen molar-refractivity contribution in [1.29, 1.82) is 0 Å². The van der Waals surface area contributed by atoms with E-state index in [1.807, 2.05) is 6.07 Å². The fourth-order valence-electron chi connectivity index (χ4n) is 2.03. The number of hydrogen-bond donors (Lipinski definition) is 3. The van der Waals surface area contributed by atoms with E-state index in [1.165, 1.54) is 24.4 Å². The molecule has 1 amide bonds. The second-order valence-corrected chi connectivity index (χ2v) is 4.84. The third-order valence-corrected chi connectivity index (χ3v) is 3.19. The Labute approximate surface area is 131 Å². The van der Waals surface area contributed by atoms with Crippen LogP contribution in [0.2, 0.25) is 0 Å². The van der Waals surface area contributed by atoms with Crippen LogP contribution >= 0.6 is 0 Å². The number of benzene rings is 2. The number of carbonyl (C=O) groups is 1. The van der Waals surface area contributed by atoms with E-state index in [0.717, 1.165) is 0 Å². The van der Waals surface area contributed by atoms with Crippen molar-refractivity contribution in [2.45, 2.75) is 6.10 Å². The summed E-state index contributed by atoms with van der Waals surface area (Å²) in [5.41, 5.74) is 2.68. The van der Waals surface area contributed by atoms with E-state index in [-0.39, 0.29) is 18.1 Å². The van der Waals surface area contributed by atoms with Crippen LogP contribution in [0.3, 0.4) is 0 Å². The molecule has 0 spiro atoms. The molecular weight excluding hydrogens is 300 g/mol. The van der Waals surface area contributed by atoms with Crippen molar-refractivity contribution < 1.29 is 24.5 Å². The molecule has 0 aromatic heterocycles. The van der Waals surface area contributed by atoms with Gasteiger partial charge in [-0.3, -0.25) is 4.79 Å². The van der Waals surface area contributed by atoms with Gasteiger partial charge in [-0.05, 0) is 24.3 Å². The highest BCUT2D eigenvalue weighted by molar-refractivity contribution is 5.86. The van der Waals surface area contributed by atoms with Gasteiger partial charge in [0.2, 0.25) is 6.10 Å². The van der Waals surface area contributed by atoms with Gasteiger partial charge in [0.1, 0.15) is 18.1 Å². The molecule has 23 heavy (non-hydrogen) atoms. The van der Waals surface area contributed by atoms with Crippen LogP contribution < -0.4 is 14.9 Å². The molecule has 1 atom stereocenters. The summed E-state index contributed by atoms with van der Waals surface area (Å²) in [6.45, 7) is 0.0861. The summed E-state index contributed by atoms with van der Waals surface area (Å²) < 4.78 is 11.0. The Bertz CT molecular complexity index is 760. The van der Waals surface area contributed by atoms with Crippen LogP contribution in [0, 0.1) is 0 Å². The molecule has 7 nitrogen and oxygen atoms in total. The summed E-state index contributed by atoms with van der Waals surface area (Å²) >= 11 is 0. The summed E-state index contributed by atoms with van der Waals surface area (Å²) in [5, 5.41) is 22.6. The first-order chi connectivity index (χ1) is 11.1. The molecule has 0 aliphatic carbocycles. The van der Waals surface area contributed by atoms with Crippen LogP contribution in [0.5, 0.6) is 23.0 Å². The van der Waals surface area contributed by atoms with Gasteiger partial charge in [0.05, 0.1) is 6.21 Å². The fraction of sp³-hybridized carbons (Fsp3) is 0.125. The average molecular weight is 314 g/mol. The van der Waals surface area contributed by atoms with Crippen LogP contribution in [-0.2, 0) is 4.79 Å². The molecule has 1 unspecified atom stereocenters. The Hall–Kier alpha value is -3.22. The third kappa shape index (κ3) is 3.34. The Morgan fingerprint density at radius 3 is 2.78 bits per heavy atom. The van der Waals surface area contributed by atoms with E-state index in [4.69, 9.17) is 9.47 Å². The lowest BCUT2D eigenvalue weighted by atomic mass is 10.2. The van der Waals surface area contributed by atoms with Crippen molar-refractivity contribution in [1.82, 2.24) is 5.43 Å². The number of para-hydroxylation sites is 2. The highest BCUT2D eigenvalue weighted by Crippen LogP contribution is 2.30. The number of rotatable bonds is 3. The van der Waals surface area contributed by atoms with E-state index in [1.54, 1.807) is 18.2 Å². The van der Waals surface area contributed by atoms with Crippen molar-refractivity contribution >= 4 is 12.1 Å². The summed E-state index contributed by atoms with van der Waals surface area (Å²) in [5.74, 6) is 0.423. The molecule has 1 aliphatic rings. The molecule has 0 fully saturated rings. The van der Waals surface area contributed by atoms with E-state index in [0.29, 0.717) is 17.1 Å². The number of phenols is 2. The molecule has 7 heteroatoms. The number of fused-ring (bicyclic) bond motifs is 1. The number of nitrogens with one attached hydrogen (secondary N) is 1. The Morgan fingerprint density at radius 2 is 2.00 bits per heavy atom. The molecule has 0 saturated heterocycles. The van der Waals surface area contributed by atoms with Crippen molar-refractivity contribution in [3.63, 3.8) is 0 Å². The Balaban J connectivity index is 1.61. The highest BCUT2D eigenvalue weighted by Gasteiger charge is 2.26. The van der Waals surface area contributed by atoms with Gasteiger partial charge in [-0.25, -0.2) is 5.43 Å². The van der Waals surface area contributed by atoms with Crippen molar-refractivity contribution in [3.8, 4) is 23.0 Å². The van der Waals surface area contributed by atoms with Crippen LogP contribution in [-0.4, -0.2) is 35.0 Å². The molecule has 3 rings (SSSR count). The zero-order valence-electron chi connectivity index (χ0n) is 12.0. The lowest BCUT2D eigenvalue weighted by Crippen LogP contribution is -2.42. The quantitative estimate of drug-likeness (QED) is 0.587. The summed E-state index contributed by atoms with van der Waals surface area (Å²) in [4.78, 5) is 12.0. The van der Waals surface area contributed by atoms with Gasteiger partial charge in [-0.15, -0.1) is 0 Å². The summed E-state index contributed by atoms with van der Waals surface area (Å²) in [6, 6.07) is 11.1. The molecule has 0 bridgehead atoms.